The summed E-state index contributed by atoms with van der Waals surface area (Å²) in [7, 11) is 0. The van der Waals surface area contributed by atoms with Gasteiger partial charge >= 0.3 is 0 Å². The molecule has 0 bridgehead atoms. The van der Waals surface area contributed by atoms with E-state index in [1.54, 1.807) is 0 Å². The number of hydrogen-bond donors (Lipinski definition) is 1. The van der Waals surface area contributed by atoms with Crippen molar-refractivity contribution in [2.45, 2.75) is 45.3 Å². The van der Waals surface area contributed by atoms with Gasteiger partial charge in [-0.2, -0.15) is 0 Å². The fourth-order valence-electron chi connectivity index (χ4n) is 3.64. The summed E-state index contributed by atoms with van der Waals surface area (Å²) < 4.78 is 13.6. The largest absolute Gasteiger partial charge is 0.490 e. The average molecular weight is 453 g/mol. The summed E-state index contributed by atoms with van der Waals surface area (Å²) in [5, 5.41) is 12.4. The zero-order valence-corrected chi connectivity index (χ0v) is 19.5. The first-order chi connectivity index (χ1) is 15.5. The van der Waals surface area contributed by atoms with Gasteiger partial charge in [0.25, 0.3) is 0 Å². The van der Waals surface area contributed by atoms with Gasteiger partial charge in [-0.1, -0.05) is 35.5 Å². The molecule has 1 aliphatic rings. The van der Waals surface area contributed by atoms with Gasteiger partial charge < -0.3 is 19.4 Å². The van der Waals surface area contributed by atoms with E-state index < -0.39 is 0 Å². The van der Waals surface area contributed by atoms with Crippen LogP contribution in [0, 0.1) is 13.8 Å². The summed E-state index contributed by atoms with van der Waals surface area (Å²) in [6, 6.07) is 12.0. The van der Waals surface area contributed by atoms with E-state index in [0.29, 0.717) is 19.6 Å². The van der Waals surface area contributed by atoms with Gasteiger partial charge in [0.1, 0.15) is 5.82 Å². The maximum Gasteiger partial charge on any atom is 0.234 e. The number of nitrogens with one attached hydrogen (secondary N) is 1. The van der Waals surface area contributed by atoms with E-state index in [4.69, 9.17) is 9.47 Å². The normalized spacial score (nSPS) is 13.0. The van der Waals surface area contributed by atoms with Crippen LogP contribution < -0.4 is 14.8 Å². The highest BCUT2D eigenvalue weighted by Gasteiger charge is 2.16. The Bertz CT molecular complexity index is 1110. The standard InChI is InChI=1S/C24H28N4O3S/c1-4-28-22(14-18-7-9-20-21(13-18)31-11-5-10-30-20)26-27-24(28)32-15-23(29)25-19-8-6-16(2)12-17(19)3/h6-9,12-13H,4-5,10-11,14-15H2,1-3H3,(H,25,29). The number of aromatic nitrogens is 3. The molecule has 0 aliphatic carbocycles. The van der Waals surface area contributed by atoms with E-state index in [-0.39, 0.29) is 11.7 Å². The lowest BCUT2D eigenvalue weighted by Gasteiger charge is -2.11. The number of hydrogen-bond acceptors (Lipinski definition) is 6. The van der Waals surface area contributed by atoms with Crippen molar-refractivity contribution >= 4 is 23.4 Å². The van der Waals surface area contributed by atoms with Gasteiger partial charge in [0.05, 0.1) is 19.0 Å². The van der Waals surface area contributed by atoms with Crippen LogP contribution in [0.5, 0.6) is 11.5 Å². The van der Waals surface area contributed by atoms with Crippen LogP contribution in [0.1, 0.15) is 35.9 Å². The molecule has 0 radical (unpaired) electrons. The van der Waals surface area contributed by atoms with E-state index in [0.717, 1.165) is 52.3 Å². The lowest BCUT2D eigenvalue weighted by atomic mass is 10.1. The summed E-state index contributed by atoms with van der Waals surface area (Å²) in [5.74, 6) is 2.64. The highest BCUT2D eigenvalue weighted by Crippen LogP contribution is 2.31. The lowest BCUT2D eigenvalue weighted by molar-refractivity contribution is -0.113. The van der Waals surface area contributed by atoms with Crippen molar-refractivity contribution in [2.75, 3.05) is 24.3 Å². The fourth-order valence-corrected chi connectivity index (χ4v) is 4.47. The first-order valence-electron chi connectivity index (χ1n) is 10.8. The Morgan fingerprint density at radius 2 is 1.91 bits per heavy atom. The third kappa shape index (κ3) is 5.24. The van der Waals surface area contributed by atoms with Crippen LogP contribution in [-0.4, -0.2) is 39.6 Å². The van der Waals surface area contributed by atoms with E-state index in [2.05, 4.69) is 33.1 Å². The smallest absolute Gasteiger partial charge is 0.234 e. The van der Waals surface area contributed by atoms with Crippen LogP contribution in [-0.2, 0) is 17.8 Å². The molecule has 0 saturated heterocycles. The third-order valence-electron chi connectivity index (χ3n) is 5.27. The fraction of sp³-hybridized carbons (Fsp3) is 0.375. The molecule has 0 atom stereocenters. The molecule has 1 N–H and O–H groups in total. The average Bonchev–Trinajstić information content (AvgIpc) is 3.00. The summed E-state index contributed by atoms with van der Waals surface area (Å²) in [6.45, 7) is 8.15. The Labute approximate surface area is 192 Å². The second-order valence-corrected chi connectivity index (χ2v) is 8.75. The summed E-state index contributed by atoms with van der Waals surface area (Å²) in [4.78, 5) is 12.5. The van der Waals surface area contributed by atoms with Crippen LogP contribution in [0.15, 0.2) is 41.6 Å². The van der Waals surface area contributed by atoms with E-state index in [9.17, 15) is 4.79 Å². The van der Waals surface area contributed by atoms with Gasteiger partial charge in [-0.15, -0.1) is 10.2 Å². The maximum atomic E-state index is 12.5. The van der Waals surface area contributed by atoms with Crippen molar-refractivity contribution in [3.05, 3.63) is 58.9 Å². The number of benzene rings is 2. The Balaban J connectivity index is 1.40. The summed E-state index contributed by atoms with van der Waals surface area (Å²) >= 11 is 1.40. The van der Waals surface area contributed by atoms with Crippen molar-refractivity contribution in [3.63, 3.8) is 0 Å². The second-order valence-electron chi connectivity index (χ2n) is 7.81. The van der Waals surface area contributed by atoms with Crippen LogP contribution in [0.3, 0.4) is 0 Å². The Hall–Kier alpha value is -3.00. The predicted octanol–water partition coefficient (Wildman–Crippen LogP) is 4.40. The van der Waals surface area contributed by atoms with Crippen molar-refractivity contribution in [3.8, 4) is 11.5 Å². The molecule has 7 nitrogen and oxygen atoms in total. The molecule has 1 amide bonds. The monoisotopic (exact) mass is 452 g/mol. The van der Waals surface area contributed by atoms with Crippen molar-refractivity contribution < 1.29 is 14.3 Å². The van der Waals surface area contributed by atoms with Crippen LogP contribution in [0.25, 0.3) is 0 Å². The molecule has 3 aromatic rings. The first kappa shape index (κ1) is 22.2. The zero-order valence-electron chi connectivity index (χ0n) is 18.7. The molecule has 1 aromatic heterocycles. The number of thioether (sulfide) groups is 1. The number of fused-ring (bicyclic) bond motifs is 1. The SMILES string of the molecule is CCn1c(Cc2ccc3c(c2)OCCCO3)nnc1SCC(=O)Nc1ccc(C)cc1C. The van der Waals surface area contributed by atoms with Crippen molar-refractivity contribution in [1.82, 2.24) is 14.8 Å². The summed E-state index contributed by atoms with van der Waals surface area (Å²) in [5.41, 5.74) is 4.15. The van der Waals surface area contributed by atoms with Gasteiger partial charge in [0.15, 0.2) is 16.7 Å². The Morgan fingerprint density at radius 3 is 2.69 bits per heavy atom. The molecule has 0 fully saturated rings. The van der Waals surface area contributed by atoms with Crippen LogP contribution >= 0.6 is 11.8 Å². The minimum absolute atomic E-state index is 0.0583. The topological polar surface area (TPSA) is 78.3 Å². The van der Waals surface area contributed by atoms with Crippen LogP contribution in [0.4, 0.5) is 5.69 Å². The number of rotatable bonds is 7. The molecule has 8 heteroatoms. The molecule has 2 aromatic carbocycles. The number of carbonyl (C=O) groups is 1. The highest BCUT2D eigenvalue weighted by atomic mass is 32.2. The van der Waals surface area contributed by atoms with Gasteiger partial charge in [-0.3, -0.25) is 4.79 Å². The van der Waals surface area contributed by atoms with Gasteiger partial charge in [0.2, 0.25) is 5.91 Å². The number of amides is 1. The molecule has 0 unspecified atom stereocenters. The molecule has 2 heterocycles. The molecule has 168 valence electrons. The quantitative estimate of drug-likeness (QED) is 0.536. The molecule has 0 spiro atoms. The number of carbonyl (C=O) groups excluding carboxylic acids is 1. The maximum absolute atomic E-state index is 12.5. The number of nitrogens with zero attached hydrogens (tertiary/aromatic N) is 3. The molecule has 0 saturated carbocycles. The molecule has 32 heavy (non-hydrogen) atoms. The second kappa shape index (κ2) is 10.1. The minimum atomic E-state index is -0.0583. The first-order valence-corrected chi connectivity index (χ1v) is 11.8. The molecule has 4 rings (SSSR count). The van der Waals surface area contributed by atoms with E-state index >= 15 is 0 Å². The van der Waals surface area contributed by atoms with Gasteiger partial charge in [-0.25, -0.2) is 0 Å². The Morgan fingerprint density at radius 1 is 1.09 bits per heavy atom. The zero-order chi connectivity index (χ0) is 22.5. The minimum Gasteiger partial charge on any atom is -0.490 e. The predicted molar refractivity (Wildman–Crippen MR) is 126 cm³/mol. The van der Waals surface area contributed by atoms with Crippen molar-refractivity contribution in [2.24, 2.45) is 0 Å². The highest BCUT2D eigenvalue weighted by molar-refractivity contribution is 7.99. The van der Waals surface area contributed by atoms with Gasteiger partial charge in [0, 0.05) is 25.1 Å². The lowest BCUT2D eigenvalue weighted by Crippen LogP contribution is -2.15. The number of aryl methyl sites for hydroxylation is 2. The van der Waals surface area contributed by atoms with E-state index in [1.165, 1.54) is 17.3 Å². The molecule has 1 aliphatic heterocycles. The Kier molecular flexibility index (Phi) is 6.99. The number of anilines is 1. The molecular weight excluding hydrogens is 424 g/mol. The number of ether oxygens (including phenoxy) is 2. The summed E-state index contributed by atoms with van der Waals surface area (Å²) in [6.07, 6.45) is 1.51. The third-order valence-corrected chi connectivity index (χ3v) is 6.24. The van der Waals surface area contributed by atoms with Gasteiger partial charge in [-0.05, 0) is 50.1 Å². The molecular formula is C24H28N4O3S. The van der Waals surface area contributed by atoms with E-state index in [1.807, 2.05) is 44.2 Å². The van der Waals surface area contributed by atoms with Crippen LogP contribution in [0.2, 0.25) is 0 Å². The van der Waals surface area contributed by atoms with Crippen molar-refractivity contribution in [1.29, 1.82) is 0 Å².